The zero-order chi connectivity index (χ0) is 16.0. The molecule has 0 aliphatic rings. The number of esters is 2. The topological polar surface area (TPSA) is 98.8 Å². The molecule has 1 aromatic carbocycles. The number of sulfonamides is 1. The van der Waals surface area contributed by atoms with Crippen LogP contribution in [0, 0.1) is 5.82 Å². The van der Waals surface area contributed by atoms with Crippen molar-refractivity contribution in [2.45, 2.75) is 17.4 Å². The van der Waals surface area contributed by atoms with E-state index in [4.69, 9.17) is 0 Å². The van der Waals surface area contributed by atoms with Gasteiger partial charge >= 0.3 is 11.9 Å². The molecule has 0 aliphatic carbocycles. The second-order valence-corrected chi connectivity index (χ2v) is 5.65. The average molecular weight is 319 g/mol. The van der Waals surface area contributed by atoms with Crippen molar-refractivity contribution in [2.24, 2.45) is 0 Å². The molecule has 0 fully saturated rings. The Kier molecular flexibility index (Phi) is 5.79. The molecule has 21 heavy (non-hydrogen) atoms. The predicted octanol–water partition coefficient (Wildman–Crippen LogP) is 0.209. The van der Waals surface area contributed by atoms with Gasteiger partial charge in [-0.3, -0.25) is 9.59 Å². The van der Waals surface area contributed by atoms with Crippen LogP contribution in [0.15, 0.2) is 29.2 Å². The van der Waals surface area contributed by atoms with Gasteiger partial charge in [0.2, 0.25) is 10.0 Å². The van der Waals surface area contributed by atoms with Crippen LogP contribution in [0.3, 0.4) is 0 Å². The van der Waals surface area contributed by atoms with E-state index in [0.717, 1.165) is 38.5 Å². The van der Waals surface area contributed by atoms with Gasteiger partial charge in [-0.2, -0.15) is 4.72 Å². The molecule has 116 valence electrons. The van der Waals surface area contributed by atoms with Gasteiger partial charge in [0.25, 0.3) is 0 Å². The molecule has 1 atom stereocenters. The molecule has 0 saturated carbocycles. The summed E-state index contributed by atoms with van der Waals surface area (Å²) in [4.78, 5) is 22.5. The molecule has 0 amide bonds. The Morgan fingerprint density at radius 2 is 1.76 bits per heavy atom. The Hall–Kier alpha value is -2.00. The van der Waals surface area contributed by atoms with Crippen molar-refractivity contribution in [3.63, 3.8) is 0 Å². The number of hydrogen-bond donors (Lipinski definition) is 1. The van der Waals surface area contributed by atoms with E-state index >= 15 is 0 Å². The van der Waals surface area contributed by atoms with Gasteiger partial charge in [-0.05, 0) is 24.3 Å². The monoisotopic (exact) mass is 319 g/mol. The van der Waals surface area contributed by atoms with E-state index in [-0.39, 0.29) is 4.90 Å². The highest BCUT2D eigenvalue weighted by Gasteiger charge is 2.29. The molecule has 0 heterocycles. The lowest BCUT2D eigenvalue weighted by molar-refractivity contribution is -0.149. The highest BCUT2D eigenvalue weighted by atomic mass is 32.2. The molecule has 0 spiro atoms. The highest BCUT2D eigenvalue weighted by Crippen LogP contribution is 2.11. The molecule has 9 heteroatoms. The molecular weight excluding hydrogens is 305 g/mol. The van der Waals surface area contributed by atoms with Crippen LogP contribution >= 0.6 is 0 Å². The molecule has 1 aromatic rings. The van der Waals surface area contributed by atoms with E-state index < -0.39 is 40.2 Å². The summed E-state index contributed by atoms with van der Waals surface area (Å²) in [6.07, 6.45) is -0.524. The number of hydrogen-bond acceptors (Lipinski definition) is 6. The number of rotatable bonds is 6. The fourth-order valence-electron chi connectivity index (χ4n) is 1.43. The number of benzene rings is 1. The van der Waals surface area contributed by atoms with E-state index in [1.807, 2.05) is 4.72 Å². The molecule has 0 unspecified atom stereocenters. The van der Waals surface area contributed by atoms with Gasteiger partial charge in [-0.25, -0.2) is 12.8 Å². The summed E-state index contributed by atoms with van der Waals surface area (Å²) in [7, 11) is -1.95. The summed E-state index contributed by atoms with van der Waals surface area (Å²) in [5.74, 6) is -2.33. The van der Waals surface area contributed by atoms with E-state index in [9.17, 15) is 22.4 Å². The van der Waals surface area contributed by atoms with Crippen LogP contribution in [0.5, 0.6) is 0 Å². The van der Waals surface area contributed by atoms with Crippen molar-refractivity contribution in [1.82, 2.24) is 4.72 Å². The zero-order valence-electron chi connectivity index (χ0n) is 11.3. The van der Waals surface area contributed by atoms with Gasteiger partial charge < -0.3 is 9.47 Å². The third-order valence-corrected chi connectivity index (χ3v) is 3.99. The van der Waals surface area contributed by atoms with Crippen molar-refractivity contribution >= 4 is 22.0 Å². The maximum Gasteiger partial charge on any atom is 0.324 e. The Labute approximate surface area is 121 Å². The lowest BCUT2D eigenvalue weighted by atomic mass is 10.2. The number of ether oxygens (including phenoxy) is 2. The number of carbonyl (C=O) groups excluding carboxylic acids is 2. The summed E-state index contributed by atoms with van der Waals surface area (Å²) in [6, 6.07) is 2.55. The second kappa shape index (κ2) is 7.14. The standard InChI is InChI=1S/C12H14FNO6S/c1-19-11(15)7-10(12(16)20-2)14-21(17,18)9-5-3-8(13)4-6-9/h3-6,10,14H,7H2,1-2H3/t10-/m1/s1. The summed E-state index contributed by atoms with van der Waals surface area (Å²) in [5, 5.41) is 0. The molecule has 0 aromatic heterocycles. The number of methoxy groups -OCH3 is 2. The van der Waals surface area contributed by atoms with E-state index in [1.54, 1.807) is 0 Å². The van der Waals surface area contributed by atoms with Gasteiger partial charge in [0.1, 0.15) is 11.9 Å². The molecule has 1 N–H and O–H groups in total. The quantitative estimate of drug-likeness (QED) is 0.753. The Bertz CT molecular complexity index is 613. The molecular formula is C12H14FNO6S. The van der Waals surface area contributed by atoms with Gasteiger partial charge in [0.15, 0.2) is 0 Å². The first-order valence-electron chi connectivity index (χ1n) is 5.72. The fraction of sp³-hybridized carbons (Fsp3) is 0.333. The van der Waals surface area contributed by atoms with Crippen LogP contribution in [0.4, 0.5) is 4.39 Å². The number of nitrogens with one attached hydrogen (secondary N) is 1. The third kappa shape index (κ3) is 4.80. The van der Waals surface area contributed by atoms with Crippen LogP contribution in [0.25, 0.3) is 0 Å². The van der Waals surface area contributed by atoms with Crippen LogP contribution < -0.4 is 4.72 Å². The zero-order valence-corrected chi connectivity index (χ0v) is 12.1. The first-order valence-corrected chi connectivity index (χ1v) is 7.21. The lowest BCUT2D eigenvalue weighted by Crippen LogP contribution is -2.43. The summed E-state index contributed by atoms with van der Waals surface area (Å²) in [5.41, 5.74) is 0. The largest absolute Gasteiger partial charge is 0.469 e. The predicted molar refractivity (Wildman–Crippen MR) is 69.2 cm³/mol. The Balaban J connectivity index is 2.98. The minimum Gasteiger partial charge on any atom is -0.469 e. The maximum absolute atomic E-state index is 12.8. The first kappa shape index (κ1) is 17.1. The highest BCUT2D eigenvalue weighted by molar-refractivity contribution is 7.89. The van der Waals surface area contributed by atoms with Crippen molar-refractivity contribution in [3.8, 4) is 0 Å². The first-order chi connectivity index (χ1) is 9.80. The van der Waals surface area contributed by atoms with Crippen molar-refractivity contribution in [2.75, 3.05) is 14.2 Å². The van der Waals surface area contributed by atoms with Gasteiger partial charge in [0, 0.05) is 0 Å². The normalized spacial score (nSPS) is 12.5. The average Bonchev–Trinajstić information content (AvgIpc) is 2.45. The molecule has 0 radical (unpaired) electrons. The number of carbonyl (C=O) groups is 2. The minimum atomic E-state index is -4.11. The van der Waals surface area contributed by atoms with Crippen LogP contribution in [-0.2, 0) is 29.1 Å². The summed E-state index contributed by atoms with van der Waals surface area (Å²) >= 11 is 0. The van der Waals surface area contributed by atoms with Crippen molar-refractivity contribution in [3.05, 3.63) is 30.1 Å². The number of halogens is 1. The molecule has 7 nitrogen and oxygen atoms in total. The smallest absolute Gasteiger partial charge is 0.324 e. The SMILES string of the molecule is COC(=O)C[C@@H](NS(=O)(=O)c1ccc(F)cc1)C(=O)OC. The lowest BCUT2D eigenvalue weighted by Gasteiger charge is -2.15. The fourth-order valence-corrected chi connectivity index (χ4v) is 2.62. The van der Waals surface area contributed by atoms with Crippen LogP contribution in [0.2, 0.25) is 0 Å². The molecule has 0 saturated heterocycles. The van der Waals surface area contributed by atoms with E-state index in [1.165, 1.54) is 0 Å². The molecule has 0 aliphatic heterocycles. The van der Waals surface area contributed by atoms with Crippen LogP contribution in [0.1, 0.15) is 6.42 Å². The molecule has 0 bridgehead atoms. The van der Waals surface area contributed by atoms with Crippen molar-refractivity contribution in [1.29, 1.82) is 0 Å². The van der Waals surface area contributed by atoms with Gasteiger partial charge in [-0.15, -0.1) is 0 Å². The van der Waals surface area contributed by atoms with E-state index in [2.05, 4.69) is 9.47 Å². The van der Waals surface area contributed by atoms with Crippen LogP contribution in [-0.4, -0.2) is 40.6 Å². The third-order valence-electron chi connectivity index (χ3n) is 2.51. The summed E-state index contributed by atoms with van der Waals surface area (Å²) < 4.78 is 47.7. The van der Waals surface area contributed by atoms with Gasteiger partial charge in [-0.1, -0.05) is 0 Å². The minimum absolute atomic E-state index is 0.248. The Morgan fingerprint density at radius 1 is 1.19 bits per heavy atom. The van der Waals surface area contributed by atoms with E-state index in [0.29, 0.717) is 0 Å². The maximum atomic E-state index is 12.8. The van der Waals surface area contributed by atoms with Crippen molar-refractivity contribution < 1.29 is 31.9 Å². The molecule has 1 rings (SSSR count). The second-order valence-electron chi connectivity index (χ2n) is 3.93. The Morgan fingerprint density at radius 3 is 2.24 bits per heavy atom. The summed E-state index contributed by atoms with van der Waals surface area (Å²) in [6.45, 7) is 0. The van der Waals surface area contributed by atoms with Gasteiger partial charge in [0.05, 0.1) is 25.5 Å².